The van der Waals surface area contributed by atoms with Gasteiger partial charge in [-0.3, -0.25) is 9.59 Å². The molecule has 2 aromatic rings. The zero-order valence-electron chi connectivity index (χ0n) is 18.5. The molecule has 1 fully saturated rings. The van der Waals surface area contributed by atoms with Gasteiger partial charge in [0.1, 0.15) is 17.3 Å². The zero-order chi connectivity index (χ0) is 22.5. The topological polar surface area (TPSA) is 76.1 Å². The Hall–Kier alpha value is -3.28. The summed E-state index contributed by atoms with van der Waals surface area (Å²) in [5, 5.41) is 11.3. The Labute approximate surface area is 183 Å². The fourth-order valence-corrected chi connectivity index (χ4v) is 4.00. The number of amides is 1. The Bertz CT molecular complexity index is 1010. The number of rotatable bonds is 8. The summed E-state index contributed by atoms with van der Waals surface area (Å²) in [6.07, 6.45) is 2.74. The number of aliphatic hydroxyl groups is 1. The third-order valence-corrected chi connectivity index (χ3v) is 5.69. The van der Waals surface area contributed by atoms with Crippen molar-refractivity contribution in [2.24, 2.45) is 0 Å². The number of unbranched alkanes of at least 4 members (excludes halogenated alkanes) is 2. The van der Waals surface area contributed by atoms with Crippen molar-refractivity contribution < 1.29 is 24.2 Å². The van der Waals surface area contributed by atoms with Gasteiger partial charge in [0.2, 0.25) is 0 Å². The molecule has 2 aromatic carbocycles. The summed E-state index contributed by atoms with van der Waals surface area (Å²) in [5.41, 5.74) is 2.15. The summed E-state index contributed by atoms with van der Waals surface area (Å²) in [6, 6.07) is 11.9. The van der Waals surface area contributed by atoms with Gasteiger partial charge in [-0.1, -0.05) is 44.0 Å². The molecule has 1 heterocycles. The van der Waals surface area contributed by atoms with E-state index in [0.717, 1.165) is 30.4 Å². The Balaban J connectivity index is 2.21. The standard InChI is InChI=1S/C25H29NO5/c1-5-6-9-14-26-22(18-11-8-7-10-16(18)2)21(24(28)25(26)29)23(27)19-15-17(30-3)12-13-20(19)31-4/h7-8,10-13,15,22,27H,5-6,9,14H2,1-4H3/b23-21+. The minimum Gasteiger partial charge on any atom is -0.507 e. The Morgan fingerprint density at radius 1 is 1.06 bits per heavy atom. The lowest BCUT2D eigenvalue weighted by atomic mass is 9.92. The molecule has 6 heteroatoms. The van der Waals surface area contributed by atoms with Crippen molar-refractivity contribution in [2.45, 2.75) is 39.2 Å². The summed E-state index contributed by atoms with van der Waals surface area (Å²) in [7, 11) is 3.01. The monoisotopic (exact) mass is 423 g/mol. The van der Waals surface area contributed by atoms with Crippen LogP contribution in [-0.4, -0.2) is 42.5 Å². The lowest BCUT2D eigenvalue weighted by Gasteiger charge is -2.26. The molecule has 1 unspecified atom stereocenters. The average Bonchev–Trinajstić information content (AvgIpc) is 3.03. The van der Waals surface area contributed by atoms with Crippen molar-refractivity contribution in [3.63, 3.8) is 0 Å². The van der Waals surface area contributed by atoms with Crippen molar-refractivity contribution in [1.82, 2.24) is 4.90 Å². The quantitative estimate of drug-likeness (QED) is 0.290. The molecule has 0 aliphatic carbocycles. The van der Waals surface area contributed by atoms with Gasteiger partial charge in [-0.15, -0.1) is 0 Å². The van der Waals surface area contributed by atoms with Gasteiger partial charge in [0.25, 0.3) is 11.7 Å². The largest absolute Gasteiger partial charge is 0.507 e. The minimum atomic E-state index is -0.688. The van der Waals surface area contributed by atoms with Crippen LogP contribution in [0.5, 0.6) is 11.5 Å². The van der Waals surface area contributed by atoms with Crippen LogP contribution >= 0.6 is 0 Å². The number of benzene rings is 2. The molecule has 0 radical (unpaired) electrons. The lowest BCUT2D eigenvalue weighted by molar-refractivity contribution is -0.139. The first-order chi connectivity index (χ1) is 14.9. The summed E-state index contributed by atoms with van der Waals surface area (Å²) in [5.74, 6) is -0.647. The van der Waals surface area contributed by atoms with Crippen molar-refractivity contribution >= 4 is 17.4 Å². The van der Waals surface area contributed by atoms with Crippen LogP contribution in [0.4, 0.5) is 0 Å². The number of ether oxygens (including phenoxy) is 2. The number of nitrogens with zero attached hydrogens (tertiary/aromatic N) is 1. The van der Waals surface area contributed by atoms with Crippen LogP contribution in [-0.2, 0) is 9.59 Å². The smallest absolute Gasteiger partial charge is 0.295 e. The molecule has 1 saturated heterocycles. The first-order valence-electron chi connectivity index (χ1n) is 10.5. The van der Waals surface area contributed by atoms with Gasteiger partial charge in [0, 0.05) is 6.54 Å². The van der Waals surface area contributed by atoms with Crippen molar-refractivity contribution in [1.29, 1.82) is 0 Å². The molecule has 0 spiro atoms. The van der Waals surface area contributed by atoms with E-state index in [-0.39, 0.29) is 11.3 Å². The van der Waals surface area contributed by atoms with Crippen LogP contribution in [0, 0.1) is 6.92 Å². The molecule has 0 aromatic heterocycles. The van der Waals surface area contributed by atoms with E-state index in [4.69, 9.17) is 9.47 Å². The Morgan fingerprint density at radius 2 is 1.81 bits per heavy atom. The second kappa shape index (κ2) is 9.69. The van der Waals surface area contributed by atoms with Crippen LogP contribution < -0.4 is 9.47 Å². The van der Waals surface area contributed by atoms with Crippen LogP contribution in [0.25, 0.3) is 5.76 Å². The molecule has 1 amide bonds. The summed E-state index contributed by atoms with van der Waals surface area (Å²) < 4.78 is 10.7. The highest BCUT2D eigenvalue weighted by Crippen LogP contribution is 2.42. The van der Waals surface area contributed by atoms with Crippen LogP contribution in [0.2, 0.25) is 0 Å². The molecule has 0 saturated carbocycles. The van der Waals surface area contributed by atoms with E-state index in [1.165, 1.54) is 14.2 Å². The number of carbonyl (C=O) groups is 2. The fourth-order valence-electron chi connectivity index (χ4n) is 4.00. The number of methoxy groups -OCH3 is 2. The fraction of sp³-hybridized carbons (Fsp3) is 0.360. The van der Waals surface area contributed by atoms with Gasteiger partial charge in [0.05, 0.1) is 31.4 Å². The van der Waals surface area contributed by atoms with E-state index < -0.39 is 17.7 Å². The SMILES string of the molecule is CCCCCN1C(=O)C(=O)/C(=C(/O)c2cc(OC)ccc2OC)C1c1ccccc1C. The van der Waals surface area contributed by atoms with Gasteiger partial charge in [-0.25, -0.2) is 0 Å². The number of likely N-dealkylation sites (tertiary alicyclic amines) is 1. The van der Waals surface area contributed by atoms with Crippen molar-refractivity contribution in [3.05, 3.63) is 64.7 Å². The van der Waals surface area contributed by atoms with Gasteiger partial charge >= 0.3 is 0 Å². The zero-order valence-corrected chi connectivity index (χ0v) is 18.5. The van der Waals surface area contributed by atoms with E-state index in [1.54, 1.807) is 23.1 Å². The summed E-state index contributed by atoms with van der Waals surface area (Å²) in [4.78, 5) is 27.7. The normalized spacial score (nSPS) is 17.8. The number of hydrogen-bond acceptors (Lipinski definition) is 5. The molecule has 6 nitrogen and oxygen atoms in total. The minimum absolute atomic E-state index is 0.0716. The number of ketones is 1. The molecule has 31 heavy (non-hydrogen) atoms. The van der Waals surface area contributed by atoms with Gasteiger partial charge in [-0.05, 0) is 42.7 Å². The van der Waals surface area contributed by atoms with E-state index >= 15 is 0 Å². The van der Waals surface area contributed by atoms with Crippen LogP contribution in [0.15, 0.2) is 48.0 Å². The predicted octanol–water partition coefficient (Wildman–Crippen LogP) is 4.62. The Morgan fingerprint density at radius 3 is 2.45 bits per heavy atom. The number of hydrogen-bond donors (Lipinski definition) is 1. The second-order valence-corrected chi connectivity index (χ2v) is 7.62. The third kappa shape index (κ3) is 4.29. The first kappa shape index (κ1) is 22.4. The third-order valence-electron chi connectivity index (χ3n) is 5.69. The van der Waals surface area contributed by atoms with Gasteiger partial charge in [0.15, 0.2) is 0 Å². The number of Topliss-reactive ketones (excluding diaryl/α,β-unsaturated/α-hetero) is 1. The highest BCUT2D eigenvalue weighted by atomic mass is 16.5. The van der Waals surface area contributed by atoms with Gasteiger partial charge < -0.3 is 19.5 Å². The van der Waals surface area contributed by atoms with Crippen molar-refractivity contribution in [2.75, 3.05) is 20.8 Å². The lowest BCUT2D eigenvalue weighted by Crippen LogP contribution is -2.31. The molecule has 1 aliphatic rings. The van der Waals surface area contributed by atoms with Gasteiger partial charge in [-0.2, -0.15) is 0 Å². The van der Waals surface area contributed by atoms with Crippen LogP contribution in [0.1, 0.15) is 48.9 Å². The number of carbonyl (C=O) groups excluding carboxylic acids is 2. The highest BCUT2D eigenvalue weighted by molar-refractivity contribution is 6.46. The molecule has 1 atom stereocenters. The maximum Gasteiger partial charge on any atom is 0.295 e. The molecular formula is C25H29NO5. The summed E-state index contributed by atoms with van der Waals surface area (Å²) >= 11 is 0. The Kier molecular flexibility index (Phi) is 7.00. The highest BCUT2D eigenvalue weighted by Gasteiger charge is 2.46. The number of aryl methyl sites for hydroxylation is 1. The van der Waals surface area contributed by atoms with E-state index in [1.807, 2.05) is 31.2 Å². The molecule has 3 rings (SSSR count). The maximum atomic E-state index is 13.1. The molecule has 0 bridgehead atoms. The molecular weight excluding hydrogens is 394 g/mol. The van der Waals surface area contributed by atoms with E-state index in [2.05, 4.69) is 6.92 Å². The second-order valence-electron chi connectivity index (χ2n) is 7.62. The maximum absolute atomic E-state index is 13.1. The predicted molar refractivity (Wildman–Crippen MR) is 119 cm³/mol. The van der Waals surface area contributed by atoms with Crippen LogP contribution in [0.3, 0.4) is 0 Å². The van der Waals surface area contributed by atoms with E-state index in [9.17, 15) is 14.7 Å². The molecule has 164 valence electrons. The average molecular weight is 424 g/mol. The molecule has 1 N–H and O–H groups in total. The molecule has 1 aliphatic heterocycles. The number of aliphatic hydroxyl groups excluding tert-OH is 1. The first-order valence-corrected chi connectivity index (χ1v) is 10.5. The van der Waals surface area contributed by atoms with Crippen molar-refractivity contribution in [3.8, 4) is 11.5 Å². The van der Waals surface area contributed by atoms with E-state index in [0.29, 0.717) is 23.6 Å². The summed E-state index contributed by atoms with van der Waals surface area (Å²) in [6.45, 7) is 4.47.